The number of nitrogens with one attached hydrogen (secondary N) is 2. The number of nitrogens with two attached hydrogens (primary N) is 1. The molecule has 0 aromatic heterocycles. The lowest BCUT2D eigenvalue weighted by atomic mass is 9.98. The van der Waals surface area contributed by atoms with Gasteiger partial charge in [-0.2, -0.15) is 0 Å². The fraction of sp³-hybridized carbons (Fsp3) is 0.467. The van der Waals surface area contributed by atoms with Gasteiger partial charge in [0.25, 0.3) is 5.91 Å². The van der Waals surface area contributed by atoms with Crippen molar-refractivity contribution in [2.45, 2.75) is 12.1 Å². The van der Waals surface area contributed by atoms with Gasteiger partial charge in [0.1, 0.15) is 6.61 Å². The van der Waals surface area contributed by atoms with Crippen molar-refractivity contribution < 1.29 is 23.8 Å². The Morgan fingerprint density at radius 2 is 2.13 bits per heavy atom. The number of methoxy groups -OCH3 is 2. The fourth-order valence-corrected chi connectivity index (χ4v) is 2.38. The van der Waals surface area contributed by atoms with Gasteiger partial charge in [0, 0.05) is 13.1 Å². The van der Waals surface area contributed by atoms with E-state index < -0.39 is 12.1 Å². The summed E-state index contributed by atoms with van der Waals surface area (Å²) in [5.74, 6) is 0.456. The lowest BCUT2D eigenvalue weighted by Crippen LogP contribution is -2.52. The minimum Gasteiger partial charge on any atom is -0.493 e. The molecule has 1 aromatic carbocycles. The van der Waals surface area contributed by atoms with Crippen LogP contribution in [0.2, 0.25) is 0 Å². The zero-order valence-electron chi connectivity index (χ0n) is 13.1. The monoisotopic (exact) mass is 323 g/mol. The van der Waals surface area contributed by atoms with Crippen molar-refractivity contribution in [1.29, 1.82) is 0 Å². The van der Waals surface area contributed by atoms with Gasteiger partial charge in [-0.15, -0.1) is 0 Å². The van der Waals surface area contributed by atoms with Crippen LogP contribution in [0.4, 0.5) is 0 Å². The molecule has 126 valence electrons. The van der Waals surface area contributed by atoms with Crippen molar-refractivity contribution in [3.63, 3.8) is 0 Å². The van der Waals surface area contributed by atoms with Crippen molar-refractivity contribution in [3.05, 3.63) is 23.8 Å². The molecule has 0 aliphatic carbocycles. The van der Waals surface area contributed by atoms with Crippen LogP contribution in [0.15, 0.2) is 18.2 Å². The van der Waals surface area contributed by atoms with Crippen LogP contribution in [0.3, 0.4) is 0 Å². The number of benzene rings is 1. The number of rotatable bonds is 6. The van der Waals surface area contributed by atoms with Crippen LogP contribution in [0.5, 0.6) is 11.5 Å². The first kappa shape index (κ1) is 17.0. The van der Waals surface area contributed by atoms with Crippen molar-refractivity contribution in [1.82, 2.24) is 10.6 Å². The number of hydrogen-bond donors (Lipinski definition) is 3. The zero-order chi connectivity index (χ0) is 16.8. The van der Waals surface area contributed by atoms with Crippen LogP contribution in [0.25, 0.3) is 0 Å². The van der Waals surface area contributed by atoms with Gasteiger partial charge in [0.15, 0.2) is 17.6 Å². The summed E-state index contributed by atoms with van der Waals surface area (Å²) in [4.78, 5) is 23.9. The van der Waals surface area contributed by atoms with E-state index in [4.69, 9.17) is 19.9 Å². The van der Waals surface area contributed by atoms with Gasteiger partial charge in [-0.05, 0) is 17.7 Å². The number of ether oxygens (including phenoxy) is 3. The van der Waals surface area contributed by atoms with Gasteiger partial charge < -0.3 is 30.6 Å². The van der Waals surface area contributed by atoms with E-state index in [1.54, 1.807) is 18.2 Å². The van der Waals surface area contributed by atoms with Crippen LogP contribution in [0, 0.1) is 0 Å². The SMILES string of the molecule is COc1ccc([C@H]2NC(=O)CO[C@@H]2C(=O)NCCN)cc1OC. The highest BCUT2D eigenvalue weighted by Crippen LogP contribution is 2.32. The molecule has 0 saturated carbocycles. The smallest absolute Gasteiger partial charge is 0.251 e. The Hall–Kier alpha value is -2.32. The fourth-order valence-electron chi connectivity index (χ4n) is 2.38. The van der Waals surface area contributed by atoms with Crippen molar-refractivity contribution in [2.24, 2.45) is 5.73 Å². The highest BCUT2D eigenvalue weighted by molar-refractivity contribution is 5.86. The van der Waals surface area contributed by atoms with E-state index >= 15 is 0 Å². The molecule has 1 fully saturated rings. The van der Waals surface area contributed by atoms with Crippen LogP contribution in [0.1, 0.15) is 11.6 Å². The average molecular weight is 323 g/mol. The van der Waals surface area contributed by atoms with E-state index in [1.807, 2.05) is 0 Å². The molecule has 0 bridgehead atoms. The molecule has 2 amide bonds. The second-order valence-corrected chi connectivity index (χ2v) is 4.97. The highest BCUT2D eigenvalue weighted by atomic mass is 16.5. The Morgan fingerprint density at radius 3 is 2.78 bits per heavy atom. The molecule has 2 rings (SSSR count). The normalized spacial score (nSPS) is 20.6. The van der Waals surface area contributed by atoms with Crippen LogP contribution < -0.4 is 25.8 Å². The van der Waals surface area contributed by atoms with Gasteiger partial charge in [0.05, 0.1) is 20.3 Å². The van der Waals surface area contributed by atoms with E-state index in [0.717, 1.165) is 0 Å². The number of carbonyl (C=O) groups excluding carboxylic acids is 2. The summed E-state index contributed by atoms with van der Waals surface area (Å²) in [6.07, 6.45) is -0.836. The minimum atomic E-state index is -0.836. The minimum absolute atomic E-state index is 0.162. The van der Waals surface area contributed by atoms with Crippen molar-refractivity contribution >= 4 is 11.8 Å². The molecule has 23 heavy (non-hydrogen) atoms. The molecule has 1 aromatic rings. The first-order chi connectivity index (χ1) is 11.1. The molecule has 1 aliphatic rings. The number of morpholine rings is 1. The lowest BCUT2D eigenvalue weighted by Gasteiger charge is -2.32. The molecule has 0 radical (unpaired) electrons. The third kappa shape index (κ3) is 3.91. The molecule has 2 atom stereocenters. The Labute approximate surface area is 134 Å². The molecule has 8 nitrogen and oxygen atoms in total. The van der Waals surface area contributed by atoms with Gasteiger partial charge in [-0.25, -0.2) is 0 Å². The molecule has 0 spiro atoms. The average Bonchev–Trinajstić information content (AvgIpc) is 2.58. The molecular weight excluding hydrogens is 302 g/mol. The predicted octanol–water partition coefficient (Wildman–Crippen LogP) is -0.665. The maximum atomic E-state index is 12.2. The molecular formula is C15H21N3O5. The summed E-state index contributed by atoms with van der Waals surface area (Å²) in [5, 5.41) is 5.45. The maximum absolute atomic E-state index is 12.2. The first-order valence-electron chi connectivity index (χ1n) is 7.21. The number of hydrogen-bond acceptors (Lipinski definition) is 6. The summed E-state index contributed by atoms with van der Waals surface area (Å²) in [6.45, 7) is 0.502. The molecule has 1 saturated heterocycles. The van der Waals surface area contributed by atoms with Gasteiger partial charge >= 0.3 is 0 Å². The van der Waals surface area contributed by atoms with Crippen molar-refractivity contribution in [3.8, 4) is 11.5 Å². The van der Waals surface area contributed by atoms with E-state index in [9.17, 15) is 9.59 Å². The van der Waals surface area contributed by atoms with Gasteiger partial charge in [-0.1, -0.05) is 6.07 Å². The largest absolute Gasteiger partial charge is 0.493 e. The first-order valence-corrected chi connectivity index (χ1v) is 7.21. The van der Waals surface area contributed by atoms with Crippen LogP contribution >= 0.6 is 0 Å². The molecule has 1 heterocycles. The summed E-state index contributed by atoms with van der Waals surface area (Å²) in [6, 6.07) is 4.56. The van der Waals surface area contributed by atoms with Crippen LogP contribution in [-0.4, -0.2) is 51.8 Å². The van der Waals surface area contributed by atoms with Gasteiger partial charge in [-0.3, -0.25) is 9.59 Å². The standard InChI is InChI=1S/C15H21N3O5/c1-21-10-4-3-9(7-11(10)22-2)13-14(15(20)17-6-5-16)23-8-12(19)18-13/h3-4,7,13-14H,5-6,8,16H2,1-2H3,(H,17,20)(H,18,19)/t13-,14+/m1/s1. The molecule has 1 aliphatic heterocycles. The van der Waals surface area contributed by atoms with E-state index in [2.05, 4.69) is 10.6 Å². The topological polar surface area (TPSA) is 112 Å². The maximum Gasteiger partial charge on any atom is 0.251 e. The number of amides is 2. The van der Waals surface area contributed by atoms with E-state index in [0.29, 0.717) is 30.2 Å². The summed E-state index contributed by atoms with van der Waals surface area (Å²) in [7, 11) is 3.05. The van der Waals surface area contributed by atoms with Gasteiger partial charge in [0.2, 0.25) is 5.91 Å². The predicted molar refractivity (Wildman–Crippen MR) is 82.2 cm³/mol. The quantitative estimate of drug-likeness (QED) is 0.640. The molecule has 8 heteroatoms. The third-order valence-electron chi connectivity index (χ3n) is 3.48. The Balaban J connectivity index is 2.28. The zero-order valence-corrected chi connectivity index (χ0v) is 13.1. The van der Waals surface area contributed by atoms with E-state index in [1.165, 1.54) is 14.2 Å². The summed E-state index contributed by atoms with van der Waals surface area (Å²) < 4.78 is 15.9. The Kier molecular flexibility index (Phi) is 5.78. The van der Waals surface area contributed by atoms with Crippen LogP contribution in [-0.2, 0) is 14.3 Å². The second-order valence-electron chi connectivity index (χ2n) is 4.97. The summed E-state index contributed by atoms with van der Waals surface area (Å²) in [5.41, 5.74) is 6.07. The summed E-state index contributed by atoms with van der Waals surface area (Å²) >= 11 is 0. The number of carbonyl (C=O) groups is 2. The lowest BCUT2D eigenvalue weighted by molar-refractivity contribution is -0.148. The second kappa shape index (κ2) is 7.80. The Morgan fingerprint density at radius 1 is 1.39 bits per heavy atom. The molecule has 4 N–H and O–H groups in total. The Bertz CT molecular complexity index is 578. The third-order valence-corrected chi connectivity index (χ3v) is 3.48. The van der Waals surface area contributed by atoms with E-state index in [-0.39, 0.29) is 18.4 Å². The highest BCUT2D eigenvalue weighted by Gasteiger charge is 2.36. The van der Waals surface area contributed by atoms with Crippen molar-refractivity contribution in [2.75, 3.05) is 33.9 Å². The molecule has 0 unspecified atom stereocenters.